The van der Waals surface area contributed by atoms with Crippen LogP contribution in [0.2, 0.25) is 0 Å². The van der Waals surface area contributed by atoms with E-state index in [1.807, 2.05) is 0 Å². The highest BCUT2D eigenvalue weighted by atomic mass is 19.1. The topological polar surface area (TPSA) is 107 Å². The maximum absolute atomic E-state index is 13.4. The van der Waals surface area contributed by atoms with Crippen molar-refractivity contribution in [3.63, 3.8) is 0 Å². The summed E-state index contributed by atoms with van der Waals surface area (Å²) in [6, 6.07) is 17.8. The zero-order valence-electron chi connectivity index (χ0n) is 16.4. The highest BCUT2D eigenvalue weighted by molar-refractivity contribution is 5.98. The molecular formula is C23H15FN4O4. The van der Waals surface area contributed by atoms with Gasteiger partial charge in [0.15, 0.2) is 5.82 Å². The number of non-ortho nitro benzene ring substituents is 1. The lowest BCUT2D eigenvalue weighted by atomic mass is 10.2. The number of benzene rings is 3. The van der Waals surface area contributed by atoms with E-state index < -0.39 is 22.2 Å². The van der Waals surface area contributed by atoms with Crippen molar-refractivity contribution in [2.75, 3.05) is 5.43 Å². The molecule has 3 aromatic carbocycles. The van der Waals surface area contributed by atoms with Crippen molar-refractivity contribution >= 4 is 28.6 Å². The first-order valence-electron chi connectivity index (χ1n) is 9.43. The number of nitro benzene ring substituents is 1. The molecule has 9 heteroatoms. The minimum atomic E-state index is -0.654. The summed E-state index contributed by atoms with van der Waals surface area (Å²) in [5, 5.41) is 11.2. The number of halogens is 1. The first kappa shape index (κ1) is 20.6. The van der Waals surface area contributed by atoms with Crippen LogP contribution in [0.3, 0.4) is 0 Å². The van der Waals surface area contributed by atoms with Gasteiger partial charge >= 0.3 is 0 Å². The van der Waals surface area contributed by atoms with E-state index in [1.165, 1.54) is 48.5 Å². The standard InChI is InChI=1S/C23H15FN4O4/c24-17-11-9-16(10-12-17)22-25-20-7-2-1-6-19(20)23(30)27(22)26-21(29)13-8-15-4-3-5-18(14-15)28(31)32/h1-14H,(H,26,29)/b13-8+. The van der Waals surface area contributed by atoms with E-state index in [0.29, 0.717) is 22.0 Å². The van der Waals surface area contributed by atoms with E-state index in [-0.39, 0.29) is 11.5 Å². The quantitative estimate of drug-likeness (QED) is 0.294. The van der Waals surface area contributed by atoms with Gasteiger partial charge in [-0.1, -0.05) is 24.3 Å². The van der Waals surface area contributed by atoms with Gasteiger partial charge in [0.2, 0.25) is 0 Å². The summed E-state index contributed by atoms with van der Waals surface area (Å²) in [6.45, 7) is 0. The minimum Gasteiger partial charge on any atom is -0.268 e. The second kappa shape index (κ2) is 8.60. The van der Waals surface area contributed by atoms with Gasteiger partial charge in [-0.15, -0.1) is 0 Å². The number of para-hydroxylation sites is 1. The average molecular weight is 430 g/mol. The predicted molar refractivity (Wildman–Crippen MR) is 118 cm³/mol. The molecule has 4 rings (SSSR count). The molecule has 0 saturated carbocycles. The normalized spacial score (nSPS) is 11.0. The summed E-state index contributed by atoms with van der Waals surface area (Å²) in [5.74, 6) is -0.975. The first-order chi connectivity index (χ1) is 15.4. The van der Waals surface area contributed by atoms with Crippen molar-refractivity contribution < 1.29 is 14.1 Å². The number of aromatic nitrogens is 2. The van der Waals surface area contributed by atoms with E-state index in [9.17, 15) is 24.1 Å². The van der Waals surface area contributed by atoms with Gasteiger partial charge in [0.05, 0.1) is 15.8 Å². The molecule has 1 amide bonds. The Bertz CT molecular complexity index is 1430. The van der Waals surface area contributed by atoms with Gasteiger partial charge in [0, 0.05) is 23.8 Å². The number of amides is 1. The molecule has 1 N–H and O–H groups in total. The molecule has 4 aromatic rings. The summed E-state index contributed by atoms with van der Waals surface area (Å²) >= 11 is 0. The SMILES string of the molecule is O=C(/C=C/c1cccc([N+](=O)[O-])c1)Nn1c(-c2ccc(F)cc2)nc2ccccc2c1=O. The van der Waals surface area contributed by atoms with Gasteiger partial charge in [-0.3, -0.25) is 25.1 Å². The number of rotatable bonds is 5. The second-order valence-electron chi connectivity index (χ2n) is 6.76. The van der Waals surface area contributed by atoms with Crippen LogP contribution in [0.4, 0.5) is 10.1 Å². The molecule has 158 valence electrons. The number of carbonyl (C=O) groups is 1. The Morgan fingerprint density at radius 1 is 1.06 bits per heavy atom. The fraction of sp³-hybridized carbons (Fsp3) is 0. The molecule has 0 bridgehead atoms. The number of fused-ring (bicyclic) bond motifs is 1. The third-order valence-corrected chi connectivity index (χ3v) is 4.61. The van der Waals surface area contributed by atoms with Crippen LogP contribution in [-0.4, -0.2) is 20.5 Å². The fourth-order valence-corrected chi connectivity index (χ4v) is 3.09. The molecule has 32 heavy (non-hydrogen) atoms. The van der Waals surface area contributed by atoms with Gasteiger partial charge in [0.1, 0.15) is 5.82 Å². The summed E-state index contributed by atoms with van der Waals surface area (Å²) < 4.78 is 14.4. The van der Waals surface area contributed by atoms with E-state index >= 15 is 0 Å². The molecule has 1 heterocycles. The van der Waals surface area contributed by atoms with Crippen LogP contribution in [0.25, 0.3) is 28.4 Å². The number of nitrogens with zero attached hydrogens (tertiary/aromatic N) is 3. The van der Waals surface area contributed by atoms with Crippen LogP contribution >= 0.6 is 0 Å². The molecule has 0 aliphatic carbocycles. The van der Waals surface area contributed by atoms with Crippen LogP contribution in [0, 0.1) is 15.9 Å². The van der Waals surface area contributed by atoms with E-state index in [1.54, 1.807) is 30.3 Å². The lowest BCUT2D eigenvalue weighted by molar-refractivity contribution is -0.384. The van der Waals surface area contributed by atoms with Crippen molar-refractivity contribution in [1.29, 1.82) is 0 Å². The van der Waals surface area contributed by atoms with Crippen LogP contribution in [0.5, 0.6) is 0 Å². The van der Waals surface area contributed by atoms with Gasteiger partial charge in [-0.05, 0) is 48.0 Å². The Hall–Kier alpha value is -4.66. The zero-order valence-corrected chi connectivity index (χ0v) is 16.4. The van der Waals surface area contributed by atoms with Crippen molar-refractivity contribution in [2.45, 2.75) is 0 Å². The Kier molecular flexibility index (Phi) is 5.54. The molecule has 0 radical (unpaired) electrons. The van der Waals surface area contributed by atoms with Crippen LogP contribution < -0.4 is 11.0 Å². The van der Waals surface area contributed by atoms with Gasteiger partial charge in [0.25, 0.3) is 17.2 Å². The highest BCUT2D eigenvalue weighted by Gasteiger charge is 2.14. The molecule has 1 aromatic heterocycles. The molecule has 8 nitrogen and oxygen atoms in total. The van der Waals surface area contributed by atoms with Crippen molar-refractivity contribution in [1.82, 2.24) is 9.66 Å². The van der Waals surface area contributed by atoms with Gasteiger partial charge in [-0.25, -0.2) is 9.37 Å². The third kappa shape index (κ3) is 4.26. The fourth-order valence-electron chi connectivity index (χ4n) is 3.09. The molecule has 0 unspecified atom stereocenters. The van der Waals surface area contributed by atoms with Crippen LogP contribution in [0.15, 0.2) is 83.7 Å². The van der Waals surface area contributed by atoms with Crippen molar-refractivity contribution in [2.24, 2.45) is 0 Å². The summed E-state index contributed by atoms with van der Waals surface area (Å²) in [5.41, 5.74) is 3.16. The summed E-state index contributed by atoms with van der Waals surface area (Å²) in [7, 11) is 0. The Morgan fingerprint density at radius 2 is 1.81 bits per heavy atom. The average Bonchev–Trinajstić information content (AvgIpc) is 2.80. The summed E-state index contributed by atoms with van der Waals surface area (Å²) in [4.78, 5) is 40.4. The van der Waals surface area contributed by atoms with Crippen LogP contribution in [0.1, 0.15) is 5.56 Å². The number of hydrogen-bond donors (Lipinski definition) is 1. The largest absolute Gasteiger partial charge is 0.280 e. The van der Waals surface area contributed by atoms with E-state index in [2.05, 4.69) is 10.4 Å². The van der Waals surface area contributed by atoms with Gasteiger partial charge in [-0.2, -0.15) is 4.68 Å². The second-order valence-corrected chi connectivity index (χ2v) is 6.76. The van der Waals surface area contributed by atoms with E-state index in [4.69, 9.17) is 0 Å². The Morgan fingerprint density at radius 3 is 2.56 bits per heavy atom. The van der Waals surface area contributed by atoms with Crippen LogP contribution in [-0.2, 0) is 4.79 Å². The lowest BCUT2D eigenvalue weighted by Gasteiger charge is -2.13. The Balaban J connectivity index is 1.72. The molecule has 0 atom stereocenters. The van der Waals surface area contributed by atoms with E-state index in [0.717, 1.165) is 10.8 Å². The lowest BCUT2D eigenvalue weighted by Crippen LogP contribution is -2.34. The van der Waals surface area contributed by atoms with Crippen molar-refractivity contribution in [3.05, 3.63) is 111 Å². The molecule has 0 saturated heterocycles. The number of carbonyl (C=O) groups excluding carboxylic acids is 1. The number of nitrogens with one attached hydrogen (secondary N) is 1. The molecular weight excluding hydrogens is 415 g/mol. The van der Waals surface area contributed by atoms with Gasteiger partial charge < -0.3 is 0 Å². The highest BCUT2D eigenvalue weighted by Crippen LogP contribution is 2.19. The summed E-state index contributed by atoms with van der Waals surface area (Å²) in [6.07, 6.45) is 2.54. The number of nitro groups is 1. The molecule has 0 aliphatic heterocycles. The zero-order chi connectivity index (χ0) is 22.7. The number of hydrogen-bond acceptors (Lipinski definition) is 5. The predicted octanol–water partition coefficient (Wildman–Crippen LogP) is 3.89. The smallest absolute Gasteiger partial charge is 0.268 e. The third-order valence-electron chi connectivity index (χ3n) is 4.61. The first-order valence-corrected chi connectivity index (χ1v) is 9.43. The monoisotopic (exact) mass is 430 g/mol. The maximum atomic E-state index is 13.4. The Labute approximate surface area is 180 Å². The molecule has 0 spiro atoms. The molecule has 0 fully saturated rings. The maximum Gasteiger partial charge on any atom is 0.280 e. The minimum absolute atomic E-state index is 0.110. The van der Waals surface area contributed by atoms with Crippen molar-refractivity contribution in [3.8, 4) is 11.4 Å². The molecule has 0 aliphatic rings.